The van der Waals surface area contributed by atoms with Crippen molar-refractivity contribution >= 4 is 23.9 Å². The van der Waals surface area contributed by atoms with Gasteiger partial charge in [-0.15, -0.1) is 0 Å². The molecule has 1 heterocycles. The van der Waals surface area contributed by atoms with E-state index in [-0.39, 0.29) is 0 Å². The van der Waals surface area contributed by atoms with Crippen molar-refractivity contribution in [3.63, 3.8) is 0 Å². The van der Waals surface area contributed by atoms with Crippen molar-refractivity contribution in [2.24, 2.45) is 11.8 Å². The molecule has 1 aromatic carbocycles. The summed E-state index contributed by atoms with van der Waals surface area (Å²) in [6.07, 6.45) is 2.68. The average molecular weight is 320 g/mol. The standard InChI is InChI=1S/C8H12O4.C8H4O3/c9-7(10)5-3-1-2-4-6(5)8(11)12;9-7-5-3-1-2-4-6(5)8(10)11-7/h5-6H,1-4H2,(H,9,10)(H,11,12);1-4H. The number of rotatable bonds is 2. The Morgan fingerprint density at radius 3 is 1.61 bits per heavy atom. The minimum Gasteiger partial charge on any atom is -0.481 e. The lowest BCUT2D eigenvalue weighted by molar-refractivity contribution is -0.155. The van der Waals surface area contributed by atoms with E-state index in [1.807, 2.05) is 0 Å². The van der Waals surface area contributed by atoms with Gasteiger partial charge in [0, 0.05) is 0 Å². The van der Waals surface area contributed by atoms with Crippen LogP contribution in [0.25, 0.3) is 0 Å². The normalized spacial score (nSPS) is 22.4. The van der Waals surface area contributed by atoms with Crippen molar-refractivity contribution in [2.45, 2.75) is 25.7 Å². The Labute approximate surface area is 131 Å². The van der Waals surface area contributed by atoms with E-state index >= 15 is 0 Å². The van der Waals surface area contributed by atoms with Crippen LogP contribution in [0.5, 0.6) is 0 Å². The van der Waals surface area contributed by atoms with Crippen molar-refractivity contribution in [1.82, 2.24) is 0 Å². The topological polar surface area (TPSA) is 118 Å². The van der Waals surface area contributed by atoms with Crippen LogP contribution in [0.2, 0.25) is 0 Å². The average Bonchev–Trinajstić information content (AvgIpc) is 2.83. The number of fused-ring (bicyclic) bond motifs is 1. The number of benzene rings is 1. The maximum atomic E-state index is 10.8. The van der Waals surface area contributed by atoms with Gasteiger partial charge in [-0.25, -0.2) is 9.59 Å². The van der Waals surface area contributed by atoms with Crippen molar-refractivity contribution in [3.05, 3.63) is 35.4 Å². The van der Waals surface area contributed by atoms with Crippen molar-refractivity contribution in [2.75, 3.05) is 0 Å². The third-order valence-electron chi connectivity index (χ3n) is 3.95. The Morgan fingerprint density at radius 2 is 1.26 bits per heavy atom. The first-order chi connectivity index (χ1) is 10.9. The molecule has 0 amide bonds. The molecule has 3 rings (SSSR count). The molecule has 0 bridgehead atoms. The summed E-state index contributed by atoms with van der Waals surface area (Å²) in [5.74, 6) is -4.38. The fourth-order valence-corrected chi connectivity index (χ4v) is 2.76. The molecule has 122 valence electrons. The molecule has 2 unspecified atom stereocenters. The van der Waals surface area contributed by atoms with Crippen LogP contribution in [0.3, 0.4) is 0 Å². The number of carboxylic acid groups (broad SMARTS) is 2. The van der Waals surface area contributed by atoms with Gasteiger partial charge in [0.1, 0.15) is 0 Å². The molecule has 1 aliphatic carbocycles. The maximum Gasteiger partial charge on any atom is 0.346 e. The summed E-state index contributed by atoms with van der Waals surface area (Å²) in [4.78, 5) is 42.9. The molecule has 2 aliphatic rings. The fourth-order valence-electron chi connectivity index (χ4n) is 2.76. The number of hydrogen-bond acceptors (Lipinski definition) is 5. The van der Waals surface area contributed by atoms with E-state index in [4.69, 9.17) is 10.2 Å². The molecule has 0 saturated heterocycles. The van der Waals surface area contributed by atoms with Crippen molar-refractivity contribution in [1.29, 1.82) is 0 Å². The number of cyclic esters (lactones) is 2. The highest BCUT2D eigenvalue weighted by molar-refractivity contribution is 6.14. The Hall–Kier alpha value is -2.70. The lowest BCUT2D eigenvalue weighted by atomic mass is 9.79. The summed E-state index contributed by atoms with van der Waals surface area (Å²) in [6, 6.07) is 6.53. The Morgan fingerprint density at radius 1 is 0.870 bits per heavy atom. The molecular weight excluding hydrogens is 304 g/mol. The van der Waals surface area contributed by atoms with Gasteiger partial charge in [-0.3, -0.25) is 9.59 Å². The van der Waals surface area contributed by atoms with Crippen molar-refractivity contribution < 1.29 is 34.1 Å². The van der Waals surface area contributed by atoms with Crippen LogP contribution >= 0.6 is 0 Å². The molecule has 2 N–H and O–H groups in total. The molecule has 1 fully saturated rings. The zero-order valence-corrected chi connectivity index (χ0v) is 12.2. The lowest BCUT2D eigenvalue weighted by Gasteiger charge is -2.24. The minimum atomic E-state index is -0.970. The number of hydrogen-bond donors (Lipinski definition) is 2. The number of esters is 2. The summed E-state index contributed by atoms with van der Waals surface area (Å²) >= 11 is 0. The number of carboxylic acids is 2. The molecule has 0 aromatic heterocycles. The highest BCUT2D eigenvalue weighted by Gasteiger charge is 2.35. The van der Waals surface area contributed by atoms with Crippen LogP contribution < -0.4 is 0 Å². The smallest absolute Gasteiger partial charge is 0.346 e. The van der Waals surface area contributed by atoms with E-state index < -0.39 is 35.7 Å². The molecule has 7 heteroatoms. The first kappa shape index (κ1) is 16.7. The van der Waals surface area contributed by atoms with Crippen LogP contribution in [0.15, 0.2) is 24.3 Å². The van der Waals surface area contributed by atoms with E-state index in [1.54, 1.807) is 24.3 Å². The highest BCUT2D eigenvalue weighted by atomic mass is 16.6. The summed E-state index contributed by atoms with van der Waals surface area (Å²) in [6.45, 7) is 0. The van der Waals surface area contributed by atoms with Gasteiger partial charge in [0.05, 0.1) is 23.0 Å². The third-order valence-corrected chi connectivity index (χ3v) is 3.95. The van der Waals surface area contributed by atoms with Gasteiger partial charge in [0.15, 0.2) is 0 Å². The summed E-state index contributed by atoms with van der Waals surface area (Å²) in [5, 5.41) is 17.4. The van der Waals surface area contributed by atoms with E-state index in [2.05, 4.69) is 4.74 Å². The largest absolute Gasteiger partial charge is 0.481 e. The van der Waals surface area contributed by atoms with Gasteiger partial charge < -0.3 is 14.9 Å². The Kier molecular flexibility index (Phi) is 5.10. The minimum absolute atomic E-state index is 0.359. The first-order valence-electron chi connectivity index (χ1n) is 7.23. The molecule has 1 saturated carbocycles. The first-order valence-corrected chi connectivity index (χ1v) is 7.23. The monoisotopic (exact) mass is 320 g/mol. The number of aliphatic carboxylic acids is 2. The molecule has 0 spiro atoms. The zero-order valence-electron chi connectivity index (χ0n) is 12.2. The van der Waals surface area contributed by atoms with Gasteiger partial charge in [-0.1, -0.05) is 25.0 Å². The van der Waals surface area contributed by atoms with E-state index in [1.165, 1.54) is 0 Å². The highest BCUT2D eigenvalue weighted by Crippen LogP contribution is 2.30. The van der Waals surface area contributed by atoms with Gasteiger partial charge in [0.2, 0.25) is 0 Å². The van der Waals surface area contributed by atoms with Gasteiger partial charge in [-0.05, 0) is 25.0 Å². The summed E-state index contributed by atoms with van der Waals surface area (Å²) in [7, 11) is 0. The summed E-state index contributed by atoms with van der Waals surface area (Å²) in [5.41, 5.74) is 0.718. The second kappa shape index (κ2) is 7.04. The SMILES string of the molecule is O=C(O)C1CCCCC1C(=O)O.O=C1OC(=O)c2ccccc21. The van der Waals surface area contributed by atoms with Crippen molar-refractivity contribution in [3.8, 4) is 0 Å². The molecule has 1 aromatic rings. The van der Waals surface area contributed by atoms with E-state index in [0.717, 1.165) is 12.8 Å². The molecular formula is C16H16O7. The van der Waals surface area contributed by atoms with Gasteiger partial charge in [-0.2, -0.15) is 0 Å². The molecule has 2 atom stereocenters. The van der Waals surface area contributed by atoms with E-state index in [0.29, 0.717) is 24.0 Å². The number of carbonyl (C=O) groups is 4. The van der Waals surface area contributed by atoms with Gasteiger partial charge >= 0.3 is 23.9 Å². The maximum absolute atomic E-state index is 10.8. The second-order valence-electron chi connectivity index (χ2n) is 5.40. The third kappa shape index (κ3) is 3.74. The number of ether oxygens (including phenoxy) is 1. The van der Waals surface area contributed by atoms with Crippen LogP contribution in [0.1, 0.15) is 46.4 Å². The molecule has 0 radical (unpaired) electrons. The van der Waals surface area contributed by atoms with Gasteiger partial charge in [0.25, 0.3) is 0 Å². The Balaban J connectivity index is 0.000000167. The van der Waals surface area contributed by atoms with Crippen LogP contribution in [0, 0.1) is 11.8 Å². The molecule has 1 aliphatic heterocycles. The van der Waals surface area contributed by atoms with E-state index in [9.17, 15) is 19.2 Å². The Bertz CT molecular complexity index is 595. The fraction of sp³-hybridized carbons (Fsp3) is 0.375. The van der Waals surface area contributed by atoms with Crippen LogP contribution in [0.4, 0.5) is 0 Å². The predicted octanol–water partition coefficient (Wildman–Crippen LogP) is 1.96. The molecule has 7 nitrogen and oxygen atoms in total. The van der Waals surface area contributed by atoms with Crippen LogP contribution in [-0.2, 0) is 14.3 Å². The molecule has 23 heavy (non-hydrogen) atoms. The number of carbonyl (C=O) groups excluding carboxylic acids is 2. The predicted molar refractivity (Wildman–Crippen MR) is 76.9 cm³/mol. The zero-order chi connectivity index (χ0) is 17.0. The van der Waals surface area contributed by atoms with Crippen LogP contribution in [-0.4, -0.2) is 34.1 Å². The quantitative estimate of drug-likeness (QED) is 0.631. The lowest BCUT2D eigenvalue weighted by Crippen LogP contribution is -2.32. The second-order valence-corrected chi connectivity index (χ2v) is 5.40. The summed E-state index contributed by atoms with van der Waals surface area (Å²) < 4.78 is 4.35.